The molecule has 20 heavy (non-hydrogen) atoms. The van der Waals surface area contributed by atoms with Crippen LogP contribution >= 0.6 is 0 Å². The number of carbonyl (C=O) groups is 2. The first kappa shape index (κ1) is 14.5. The van der Waals surface area contributed by atoms with Gasteiger partial charge in [0.1, 0.15) is 11.9 Å². The van der Waals surface area contributed by atoms with Crippen molar-refractivity contribution in [3.05, 3.63) is 35.1 Å². The summed E-state index contributed by atoms with van der Waals surface area (Å²) in [5.41, 5.74) is 0.866. The first-order chi connectivity index (χ1) is 9.49. The van der Waals surface area contributed by atoms with Gasteiger partial charge in [-0.1, -0.05) is 12.8 Å². The number of aliphatic carboxylic acids is 1. The Balaban J connectivity index is 2.30. The maximum absolute atomic E-state index is 13.4. The van der Waals surface area contributed by atoms with Crippen LogP contribution in [0.4, 0.5) is 4.39 Å². The second-order valence-corrected chi connectivity index (χ2v) is 5.22. The van der Waals surface area contributed by atoms with Crippen LogP contribution in [0, 0.1) is 12.7 Å². The lowest BCUT2D eigenvalue weighted by atomic mass is 10.1. The summed E-state index contributed by atoms with van der Waals surface area (Å²) >= 11 is 0. The van der Waals surface area contributed by atoms with E-state index in [-0.39, 0.29) is 5.56 Å². The van der Waals surface area contributed by atoms with Crippen LogP contribution < -0.4 is 0 Å². The van der Waals surface area contributed by atoms with Crippen molar-refractivity contribution >= 4 is 11.9 Å². The molecule has 1 aliphatic rings. The van der Waals surface area contributed by atoms with Crippen molar-refractivity contribution in [2.45, 2.75) is 38.6 Å². The lowest BCUT2D eigenvalue weighted by molar-refractivity contribution is -0.142. The van der Waals surface area contributed by atoms with Crippen LogP contribution in [0.5, 0.6) is 0 Å². The van der Waals surface area contributed by atoms with Crippen molar-refractivity contribution in [2.24, 2.45) is 0 Å². The van der Waals surface area contributed by atoms with Gasteiger partial charge in [0.2, 0.25) is 0 Å². The number of likely N-dealkylation sites (tertiary alicyclic amines) is 1. The van der Waals surface area contributed by atoms with E-state index in [2.05, 4.69) is 0 Å². The first-order valence-electron chi connectivity index (χ1n) is 6.80. The van der Waals surface area contributed by atoms with E-state index in [0.717, 1.165) is 19.3 Å². The van der Waals surface area contributed by atoms with Crippen molar-refractivity contribution in [1.29, 1.82) is 0 Å². The minimum absolute atomic E-state index is 0.218. The number of aryl methyl sites for hydroxylation is 1. The zero-order valence-electron chi connectivity index (χ0n) is 11.4. The second-order valence-electron chi connectivity index (χ2n) is 5.22. The molecule has 0 bridgehead atoms. The Morgan fingerprint density at radius 2 is 2.00 bits per heavy atom. The lowest BCUT2D eigenvalue weighted by Gasteiger charge is -2.27. The summed E-state index contributed by atoms with van der Waals surface area (Å²) in [4.78, 5) is 25.2. The number of nitrogens with zero attached hydrogens (tertiary/aromatic N) is 1. The van der Waals surface area contributed by atoms with Crippen molar-refractivity contribution < 1.29 is 19.1 Å². The number of amides is 1. The van der Waals surface area contributed by atoms with Gasteiger partial charge in [0.05, 0.1) is 0 Å². The smallest absolute Gasteiger partial charge is 0.326 e. The van der Waals surface area contributed by atoms with E-state index in [0.29, 0.717) is 18.5 Å². The largest absolute Gasteiger partial charge is 0.480 e. The quantitative estimate of drug-likeness (QED) is 0.905. The Morgan fingerprint density at radius 3 is 2.65 bits per heavy atom. The maximum Gasteiger partial charge on any atom is 0.326 e. The molecule has 1 unspecified atom stereocenters. The Bertz CT molecular complexity index is 510. The average molecular weight is 279 g/mol. The van der Waals surface area contributed by atoms with Crippen LogP contribution in [-0.2, 0) is 4.79 Å². The second kappa shape index (κ2) is 6.03. The number of carboxylic acids is 1. The Hall–Kier alpha value is -1.91. The molecule has 1 N–H and O–H groups in total. The molecule has 1 atom stereocenters. The van der Waals surface area contributed by atoms with Gasteiger partial charge in [-0.25, -0.2) is 9.18 Å². The predicted octanol–water partition coefficient (Wildman–Crippen LogP) is 2.60. The molecule has 1 aromatic carbocycles. The van der Waals surface area contributed by atoms with Crippen molar-refractivity contribution in [3.63, 3.8) is 0 Å². The Kier molecular flexibility index (Phi) is 4.37. The zero-order valence-corrected chi connectivity index (χ0v) is 11.4. The molecular formula is C15H18FNO3. The molecule has 1 fully saturated rings. The third-order valence-corrected chi connectivity index (χ3v) is 3.59. The number of carbonyl (C=O) groups excluding carboxylic acids is 1. The third kappa shape index (κ3) is 3.15. The van der Waals surface area contributed by atoms with Gasteiger partial charge in [0.25, 0.3) is 5.91 Å². The van der Waals surface area contributed by atoms with Crippen LogP contribution in [-0.4, -0.2) is 34.5 Å². The molecule has 4 nitrogen and oxygen atoms in total. The summed E-state index contributed by atoms with van der Waals surface area (Å²) in [7, 11) is 0. The van der Waals surface area contributed by atoms with E-state index >= 15 is 0 Å². The van der Waals surface area contributed by atoms with Gasteiger partial charge in [0.15, 0.2) is 0 Å². The lowest BCUT2D eigenvalue weighted by Crippen LogP contribution is -2.44. The molecule has 1 aliphatic heterocycles. The van der Waals surface area contributed by atoms with Crippen molar-refractivity contribution in [1.82, 2.24) is 4.90 Å². The number of hydrogen-bond donors (Lipinski definition) is 1. The van der Waals surface area contributed by atoms with E-state index in [4.69, 9.17) is 0 Å². The highest BCUT2D eigenvalue weighted by atomic mass is 19.1. The van der Waals surface area contributed by atoms with Gasteiger partial charge in [0, 0.05) is 12.1 Å². The van der Waals surface area contributed by atoms with E-state index in [1.165, 1.54) is 17.0 Å². The fourth-order valence-electron chi connectivity index (χ4n) is 2.63. The number of hydrogen-bond acceptors (Lipinski definition) is 2. The SMILES string of the molecule is Cc1cc(F)cc(C(=O)N2CCCCCC2C(=O)O)c1. The van der Waals surface area contributed by atoms with Crippen LogP contribution in [0.2, 0.25) is 0 Å². The molecule has 0 aliphatic carbocycles. The van der Waals surface area contributed by atoms with Gasteiger partial charge in [-0.2, -0.15) is 0 Å². The molecule has 1 saturated heterocycles. The zero-order chi connectivity index (χ0) is 14.7. The van der Waals surface area contributed by atoms with Gasteiger partial charge in [-0.15, -0.1) is 0 Å². The summed E-state index contributed by atoms with van der Waals surface area (Å²) in [5, 5.41) is 9.27. The fourth-order valence-corrected chi connectivity index (χ4v) is 2.63. The summed E-state index contributed by atoms with van der Waals surface area (Å²) < 4.78 is 13.4. The van der Waals surface area contributed by atoms with Crippen molar-refractivity contribution in [3.8, 4) is 0 Å². The summed E-state index contributed by atoms with van der Waals surface area (Å²) in [5.74, 6) is -1.87. The molecule has 0 spiro atoms. The van der Waals surface area contributed by atoms with Crippen LogP contribution in [0.15, 0.2) is 18.2 Å². The number of halogens is 1. The monoisotopic (exact) mass is 279 g/mol. The average Bonchev–Trinajstić information content (AvgIpc) is 2.62. The molecule has 2 rings (SSSR count). The van der Waals surface area contributed by atoms with Crippen LogP contribution in [0.25, 0.3) is 0 Å². The van der Waals surface area contributed by atoms with E-state index < -0.39 is 23.7 Å². The topological polar surface area (TPSA) is 57.6 Å². The van der Waals surface area contributed by atoms with Gasteiger partial charge < -0.3 is 10.0 Å². The van der Waals surface area contributed by atoms with Crippen LogP contribution in [0.1, 0.15) is 41.6 Å². The molecule has 0 radical (unpaired) electrons. The predicted molar refractivity (Wildman–Crippen MR) is 72.1 cm³/mol. The highest BCUT2D eigenvalue weighted by Gasteiger charge is 2.31. The molecule has 108 valence electrons. The standard InChI is InChI=1S/C15H18FNO3/c1-10-7-11(9-12(16)8-10)14(18)17-6-4-2-3-5-13(17)15(19)20/h7-9,13H,2-6H2,1H3,(H,19,20). The summed E-state index contributed by atoms with van der Waals surface area (Å²) in [6.45, 7) is 2.11. The highest BCUT2D eigenvalue weighted by Crippen LogP contribution is 2.20. The molecule has 0 saturated carbocycles. The van der Waals surface area contributed by atoms with Gasteiger partial charge >= 0.3 is 5.97 Å². The van der Waals surface area contributed by atoms with E-state index in [1.54, 1.807) is 13.0 Å². The minimum atomic E-state index is -0.992. The number of rotatable bonds is 2. The molecule has 0 aromatic heterocycles. The van der Waals surface area contributed by atoms with Gasteiger partial charge in [-0.3, -0.25) is 4.79 Å². The Morgan fingerprint density at radius 1 is 1.25 bits per heavy atom. The van der Waals surface area contributed by atoms with E-state index in [1.807, 2.05) is 0 Å². The maximum atomic E-state index is 13.4. The normalized spacial score (nSPS) is 19.5. The molecule has 1 heterocycles. The number of carboxylic acid groups (broad SMARTS) is 1. The summed E-state index contributed by atoms with van der Waals surface area (Å²) in [6.07, 6.45) is 2.94. The fraction of sp³-hybridized carbons (Fsp3) is 0.467. The highest BCUT2D eigenvalue weighted by molar-refractivity contribution is 5.96. The van der Waals surface area contributed by atoms with Crippen molar-refractivity contribution in [2.75, 3.05) is 6.54 Å². The van der Waals surface area contributed by atoms with Gasteiger partial charge in [-0.05, 0) is 43.5 Å². The number of benzene rings is 1. The summed E-state index contributed by atoms with van der Waals surface area (Å²) in [6, 6.07) is 3.29. The molecule has 1 aromatic rings. The molecular weight excluding hydrogens is 261 g/mol. The third-order valence-electron chi connectivity index (χ3n) is 3.59. The molecule has 5 heteroatoms. The molecule has 1 amide bonds. The Labute approximate surface area is 117 Å². The van der Waals surface area contributed by atoms with E-state index in [9.17, 15) is 19.1 Å². The van der Waals surface area contributed by atoms with Crippen LogP contribution in [0.3, 0.4) is 0 Å². The minimum Gasteiger partial charge on any atom is -0.480 e. The first-order valence-corrected chi connectivity index (χ1v) is 6.80.